The first-order chi connectivity index (χ1) is 7.12. The molecule has 1 aliphatic heterocycles. The van der Waals surface area contributed by atoms with Crippen LogP contribution in [0.3, 0.4) is 0 Å². The highest BCUT2D eigenvalue weighted by Gasteiger charge is 2.40. The molecule has 2 N–H and O–H groups in total. The third-order valence-electron chi connectivity index (χ3n) is 3.99. The number of rotatable bonds is 1. The van der Waals surface area contributed by atoms with Gasteiger partial charge in [0.1, 0.15) is 0 Å². The van der Waals surface area contributed by atoms with Crippen LogP contribution in [0.4, 0.5) is 0 Å². The molecule has 1 amide bonds. The van der Waals surface area contributed by atoms with E-state index >= 15 is 0 Å². The summed E-state index contributed by atoms with van der Waals surface area (Å²) in [6.07, 6.45) is 6.29. The summed E-state index contributed by atoms with van der Waals surface area (Å²) < 4.78 is 0. The zero-order valence-corrected chi connectivity index (χ0v) is 9.67. The second-order valence-electron chi connectivity index (χ2n) is 5.34. The third kappa shape index (κ3) is 2.17. The Hall–Kier alpha value is -0.570. The van der Waals surface area contributed by atoms with Crippen molar-refractivity contribution in [3.63, 3.8) is 0 Å². The van der Waals surface area contributed by atoms with Crippen LogP contribution in [0.25, 0.3) is 0 Å². The van der Waals surface area contributed by atoms with Crippen molar-refractivity contribution in [2.45, 2.75) is 51.0 Å². The van der Waals surface area contributed by atoms with Crippen LogP contribution in [-0.2, 0) is 4.79 Å². The number of piperidine rings is 1. The molecule has 2 aliphatic rings. The van der Waals surface area contributed by atoms with Gasteiger partial charge in [0.25, 0.3) is 0 Å². The van der Waals surface area contributed by atoms with E-state index in [1.165, 1.54) is 0 Å². The van der Waals surface area contributed by atoms with Gasteiger partial charge in [-0.15, -0.1) is 0 Å². The van der Waals surface area contributed by atoms with E-state index in [1.807, 2.05) is 4.90 Å². The summed E-state index contributed by atoms with van der Waals surface area (Å²) in [4.78, 5) is 14.2. The number of nitrogens with zero attached hydrogens (tertiary/aromatic N) is 1. The lowest BCUT2D eigenvalue weighted by atomic mass is 9.93. The van der Waals surface area contributed by atoms with E-state index in [1.54, 1.807) is 0 Å². The predicted octanol–water partition coefficient (Wildman–Crippen LogP) is 1.52. The van der Waals surface area contributed by atoms with Crippen molar-refractivity contribution in [3.8, 4) is 0 Å². The van der Waals surface area contributed by atoms with Gasteiger partial charge in [0.05, 0.1) is 5.54 Å². The van der Waals surface area contributed by atoms with Crippen molar-refractivity contribution in [2.75, 3.05) is 13.1 Å². The van der Waals surface area contributed by atoms with Crippen molar-refractivity contribution >= 4 is 5.91 Å². The van der Waals surface area contributed by atoms with Gasteiger partial charge in [0.15, 0.2) is 0 Å². The molecule has 86 valence electrons. The Balaban J connectivity index is 1.95. The summed E-state index contributed by atoms with van der Waals surface area (Å²) in [5, 5.41) is 0. The maximum atomic E-state index is 12.2. The first-order valence-electron chi connectivity index (χ1n) is 6.20. The van der Waals surface area contributed by atoms with Crippen molar-refractivity contribution in [2.24, 2.45) is 11.7 Å². The first-order valence-corrected chi connectivity index (χ1v) is 6.20. The summed E-state index contributed by atoms with van der Waals surface area (Å²) in [6, 6.07) is 0. The Morgan fingerprint density at radius 3 is 2.33 bits per heavy atom. The lowest BCUT2D eigenvalue weighted by molar-refractivity contribution is -0.138. The van der Waals surface area contributed by atoms with Crippen molar-refractivity contribution in [1.82, 2.24) is 4.90 Å². The maximum Gasteiger partial charge on any atom is 0.242 e. The number of likely N-dealkylation sites (tertiary alicyclic amines) is 1. The highest BCUT2D eigenvalue weighted by molar-refractivity contribution is 5.86. The molecule has 0 spiro atoms. The van der Waals surface area contributed by atoms with Gasteiger partial charge < -0.3 is 10.6 Å². The summed E-state index contributed by atoms with van der Waals surface area (Å²) in [6.45, 7) is 4.09. The topological polar surface area (TPSA) is 46.3 Å². The molecule has 1 saturated heterocycles. The zero-order chi connectivity index (χ0) is 10.9. The first kappa shape index (κ1) is 10.9. The highest BCUT2D eigenvalue weighted by atomic mass is 16.2. The second-order valence-corrected chi connectivity index (χ2v) is 5.34. The monoisotopic (exact) mass is 210 g/mol. The molecule has 2 rings (SSSR count). The molecule has 3 heteroatoms. The van der Waals surface area contributed by atoms with Crippen molar-refractivity contribution in [1.29, 1.82) is 0 Å². The Labute approximate surface area is 92.0 Å². The molecule has 0 aromatic heterocycles. The lowest BCUT2D eigenvalue weighted by Crippen LogP contribution is -2.55. The average molecular weight is 210 g/mol. The van der Waals surface area contributed by atoms with Gasteiger partial charge in [0.2, 0.25) is 5.91 Å². The number of hydrogen-bond acceptors (Lipinski definition) is 2. The SMILES string of the molecule is CC1CCN(C(=O)C2(N)CCCC2)CC1. The molecule has 3 nitrogen and oxygen atoms in total. The van der Waals surface area contributed by atoms with E-state index in [0.29, 0.717) is 0 Å². The molecule has 0 radical (unpaired) electrons. The molecule has 0 atom stereocenters. The van der Waals surface area contributed by atoms with E-state index in [-0.39, 0.29) is 5.91 Å². The van der Waals surface area contributed by atoms with Gasteiger partial charge in [-0.05, 0) is 31.6 Å². The van der Waals surface area contributed by atoms with E-state index in [9.17, 15) is 4.79 Å². The number of hydrogen-bond donors (Lipinski definition) is 1. The number of carbonyl (C=O) groups excluding carboxylic acids is 1. The van der Waals surface area contributed by atoms with Crippen LogP contribution < -0.4 is 5.73 Å². The minimum absolute atomic E-state index is 0.215. The highest BCUT2D eigenvalue weighted by Crippen LogP contribution is 2.30. The van der Waals surface area contributed by atoms with Crippen LogP contribution in [-0.4, -0.2) is 29.4 Å². The molecule has 1 heterocycles. The Kier molecular flexibility index (Phi) is 3.01. The largest absolute Gasteiger partial charge is 0.341 e. The predicted molar refractivity (Wildman–Crippen MR) is 60.4 cm³/mol. The van der Waals surface area contributed by atoms with E-state index in [4.69, 9.17) is 5.73 Å². The van der Waals surface area contributed by atoms with Crippen molar-refractivity contribution in [3.05, 3.63) is 0 Å². The summed E-state index contributed by atoms with van der Waals surface area (Å²) >= 11 is 0. The van der Waals surface area contributed by atoms with Crippen LogP contribution in [0.15, 0.2) is 0 Å². The summed E-state index contributed by atoms with van der Waals surface area (Å²) in [5.41, 5.74) is 5.66. The van der Waals surface area contributed by atoms with Crippen LogP contribution in [0.2, 0.25) is 0 Å². The van der Waals surface area contributed by atoms with Gasteiger partial charge in [-0.3, -0.25) is 4.79 Å². The molecule has 0 unspecified atom stereocenters. The third-order valence-corrected chi connectivity index (χ3v) is 3.99. The molecule has 0 aromatic carbocycles. The van der Waals surface area contributed by atoms with Crippen LogP contribution in [0.1, 0.15) is 45.4 Å². The maximum absolute atomic E-state index is 12.2. The molecular formula is C12H22N2O. The van der Waals surface area contributed by atoms with Crippen LogP contribution >= 0.6 is 0 Å². The number of nitrogens with two attached hydrogens (primary N) is 1. The minimum atomic E-state index is -0.513. The molecule has 0 bridgehead atoms. The van der Waals surface area contributed by atoms with Gasteiger partial charge in [-0.25, -0.2) is 0 Å². The fourth-order valence-electron chi connectivity index (χ4n) is 2.75. The number of carbonyl (C=O) groups is 1. The minimum Gasteiger partial charge on any atom is -0.341 e. The van der Waals surface area contributed by atoms with Gasteiger partial charge in [-0.1, -0.05) is 19.8 Å². The quantitative estimate of drug-likeness (QED) is 0.713. The zero-order valence-electron chi connectivity index (χ0n) is 9.67. The Morgan fingerprint density at radius 1 is 1.27 bits per heavy atom. The second kappa shape index (κ2) is 4.12. The fraction of sp³-hybridized carbons (Fsp3) is 0.917. The Bertz CT molecular complexity index is 238. The molecule has 2 fully saturated rings. The fourth-order valence-corrected chi connectivity index (χ4v) is 2.75. The van der Waals surface area contributed by atoms with E-state index in [0.717, 1.165) is 57.5 Å². The van der Waals surface area contributed by atoms with E-state index < -0.39 is 5.54 Å². The molecule has 1 saturated carbocycles. The molecule has 1 aliphatic carbocycles. The average Bonchev–Trinajstić information content (AvgIpc) is 2.67. The molecular weight excluding hydrogens is 188 g/mol. The number of amides is 1. The van der Waals surface area contributed by atoms with Gasteiger partial charge in [-0.2, -0.15) is 0 Å². The Morgan fingerprint density at radius 2 is 1.80 bits per heavy atom. The normalized spacial score (nSPS) is 26.9. The van der Waals surface area contributed by atoms with Gasteiger partial charge >= 0.3 is 0 Å². The molecule has 15 heavy (non-hydrogen) atoms. The van der Waals surface area contributed by atoms with Crippen molar-refractivity contribution < 1.29 is 4.79 Å². The summed E-state index contributed by atoms with van der Waals surface area (Å²) in [7, 11) is 0. The van der Waals surface area contributed by atoms with Crippen LogP contribution in [0, 0.1) is 5.92 Å². The lowest BCUT2D eigenvalue weighted by Gasteiger charge is -2.35. The summed E-state index contributed by atoms with van der Waals surface area (Å²) in [5.74, 6) is 0.984. The standard InChI is InChI=1S/C12H22N2O/c1-10-4-8-14(9-5-10)11(15)12(13)6-2-3-7-12/h10H,2-9,13H2,1H3. The molecule has 0 aromatic rings. The van der Waals surface area contributed by atoms with E-state index in [2.05, 4.69) is 6.92 Å². The van der Waals surface area contributed by atoms with Gasteiger partial charge in [0, 0.05) is 13.1 Å². The van der Waals surface area contributed by atoms with Crippen LogP contribution in [0.5, 0.6) is 0 Å². The smallest absolute Gasteiger partial charge is 0.242 e.